The fourth-order valence-electron chi connectivity index (χ4n) is 6.18. The fourth-order valence-corrected chi connectivity index (χ4v) is 6.18. The molecular formula is C35H58N4O6. The summed E-state index contributed by atoms with van der Waals surface area (Å²) in [4.78, 5) is 45.8. The van der Waals surface area contributed by atoms with Gasteiger partial charge in [0.2, 0.25) is 11.8 Å². The van der Waals surface area contributed by atoms with Crippen molar-refractivity contribution < 1.29 is 29.0 Å². The predicted molar refractivity (Wildman–Crippen MR) is 178 cm³/mol. The minimum atomic E-state index is -0.468. The van der Waals surface area contributed by atoms with E-state index in [1.54, 1.807) is 28.0 Å². The lowest BCUT2D eigenvalue weighted by Crippen LogP contribution is -2.48. The van der Waals surface area contributed by atoms with Gasteiger partial charge in [-0.2, -0.15) is 0 Å². The molecule has 0 spiro atoms. The first-order chi connectivity index (χ1) is 21.5. The zero-order valence-corrected chi connectivity index (χ0v) is 28.6. The minimum Gasteiger partial charge on any atom is -0.490 e. The van der Waals surface area contributed by atoms with E-state index in [9.17, 15) is 19.5 Å². The number of nitrogens with one attached hydrogen (secondary N) is 1. The summed E-state index contributed by atoms with van der Waals surface area (Å²) in [5.41, 5.74) is 0.925. The molecule has 2 N–H and O–H groups in total. The maximum Gasteiger partial charge on any atom is 0.258 e. The first-order valence-corrected chi connectivity index (χ1v) is 17.0. The topological polar surface area (TPSA) is 112 Å². The van der Waals surface area contributed by atoms with Crippen molar-refractivity contribution in [3.8, 4) is 5.75 Å². The SMILES string of the molecule is C[C@@H]1CCCCO[C@@H](CN(C)C(=O)CCCN(C)C)[C@H](C)CN([C@@H](C)CO)C(=O)c2cc(NC(=O)C3CCCCC3)ccc2O1. The third-order valence-corrected chi connectivity index (χ3v) is 9.17. The van der Waals surface area contributed by atoms with E-state index in [0.717, 1.165) is 57.9 Å². The number of carbonyl (C=O) groups is 3. The lowest BCUT2D eigenvalue weighted by molar-refractivity contribution is -0.132. The van der Waals surface area contributed by atoms with Crippen LogP contribution in [0.3, 0.4) is 0 Å². The van der Waals surface area contributed by atoms with Crippen LogP contribution in [0.15, 0.2) is 18.2 Å². The molecule has 1 aromatic rings. The normalized spacial score (nSPS) is 23.1. The zero-order chi connectivity index (χ0) is 32.9. The van der Waals surface area contributed by atoms with Gasteiger partial charge in [0.05, 0.1) is 30.4 Å². The summed E-state index contributed by atoms with van der Waals surface area (Å²) in [5.74, 6) is 0.127. The zero-order valence-electron chi connectivity index (χ0n) is 28.6. The van der Waals surface area contributed by atoms with Gasteiger partial charge < -0.3 is 34.6 Å². The molecule has 1 aliphatic heterocycles. The molecule has 0 bridgehead atoms. The van der Waals surface area contributed by atoms with Crippen LogP contribution < -0.4 is 10.1 Å². The number of carbonyl (C=O) groups excluding carboxylic acids is 3. The predicted octanol–water partition coefficient (Wildman–Crippen LogP) is 4.80. The largest absolute Gasteiger partial charge is 0.490 e. The molecule has 4 atom stereocenters. The number of fused-ring (bicyclic) bond motifs is 1. The number of benzene rings is 1. The summed E-state index contributed by atoms with van der Waals surface area (Å²) in [5, 5.41) is 13.3. The van der Waals surface area contributed by atoms with Gasteiger partial charge in [-0.1, -0.05) is 26.2 Å². The first-order valence-electron chi connectivity index (χ1n) is 17.0. The van der Waals surface area contributed by atoms with Gasteiger partial charge in [-0.25, -0.2) is 0 Å². The summed E-state index contributed by atoms with van der Waals surface area (Å²) < 4.78 is 12.7. The Bertz CT molecular complexity index is 1090. The Morgan fingerprint density at radius 1 is 1.07 bits per heavy atom. The van der Waals surface area contributed by atoms with E-state index >= 15 is 0 Å². The van der Waals surface area contributed by atoms with Gasteiger partial charge >= 0.3 is 0 Å². The molecule has 3 rings (SSSR count). The maximum absolute atomic E-state index is 14.3. The van der Waals surface area contributed by atoms with E-state index < -0.39 is 6.04 Å². The lowest BCUT2D eigenvalue weighted by Gasteiger charge is -2.36. The molecule has 1 aliphatic carbocycles. The summed E-state index contributed by atoms with van der Waals surface area (Å²) in [6.07, 6.45) is 8.43. The monoisotopic (exact) mass is 630 g/mol. The number of aliphatic hydroxyl groups excluding tert-OH is 1. The lowest BCUT2D eigenvalue weighted by atomic mass is 9.88. The van der Waals surface area contributed by atoms with Gasteiger partial charge in [0, 0.05) is 50.7 Å². The van der Waals surface area contributed by atoms with Crippen LogP contribution in [0, 0.1) is 11.8 Å². The van der Waals surface area contributed by atoms with Crippen molar-refractivity contribution in [2.24, 2.45) is 11.8 Å². The van der Waals surface area contributed by atoms with Crippen molar-refractivity contribution in [3.63, 3.8) is 0 Å². The van der Waals surface area contributed by atoms with Gasteiger partial charge in [0.1, 0.15) is 5.75 Å². The highest BCUT2D eigenvalue weighted by Crippen LogP contribution is 2.30. The van der Waals surface area contributed by atoms with Crippen molar-refractivity contribution in [1.29, 1.82) is 0 Å². The van der Waals surface area contributed by atoms with Gasteiger partial charge in [0.25, 0.3) is 5.91 Å². The maximum atomic E-state index is 14.3. The van der Waals surface area contributed by atoms with E-state index in [2.05, 4.69) is 10.2 Å². The van der Waals surface area contributed by atoms with Crippen LogP contribution >= 0.6 is 0 Å². The number of ether oxygens (including phenoxy) is 2. The number of nitrogens with zero attached hydrogens (tertiary/aromatic N) is 3. The van der Waals surface area contributed by atoms with Crippen molar-refractivity contribution in [2.45, 2.75) is 103 Å². The van der Waals surface area contributed by atoms with Gasteiger partial charge in [0.15, 0.2) is 0 Å². The molecule has 1 heterocycles. The van der Waals surface area contributed by atoms with Crippen LogP contribution in [0.1, 0.15) is 95.3 Å². The Balaban J connectivity index is 1.87. The van der Waals surface area contributed by atoms with Crippen molar-refractivity contribution in [3.05, 3.63) is 23.8 Å². The van der Waals surface area contributed by atoms with Gasteiger partial charge in [-0.15, -0.1) is 0 Å². The van der Waals surface area contributed by atoms with Crippen LogP contribution in [0.5, 0.6) is 5.75 Å². The summed E-state index contributed by atoms with van der Waals surface area (Å²) in [7, 11) is 5.81. The second kappa shape index (κ2) is 18.5. The molecule has 10 nitrogen and oxygen atoms in total. The number of hydrogen-bond acceptors (Lipinski definition) is 7. The molecule has 0 unspecified atom stereocenters. The quantitative estimate of drug-likeness (QED) is 0.382. The molecule has 1 aromatic carbocycles. The Morgan fingerprint density at radius 2 is 1.78 bits per heavy atom. The average molecular weight is 631 g/mol. The Labute approximate surface area is 270 Å². The van der Waals surface area contributed by atoms with Crippen LogP contribution in [0.4, 0.5) is 5.69 Å². The molecule has 1 saturated carbocycles. The van der Waals surface area contributed by atoms with E-state index in [0.29, 0.717) is 43.1 Å². The molecule has 254 valence electrons. The second-order valence-corrected chi connectivity index (χ2v) is 13.5. The van der Waals surface area contributed by atoms with Crippen molar-refractivity contribution >= 4 is 23.4 Å². The first kappa shape index (κ1) is 36.8. The Hall–Kier alpha value is -2.69. The number of anilines is 1. The van der Waals surface area contributed by atoms with E-state index in [1.807, 2.05) is 41.9 Å². The van der Waals surface area contributed by atoms with Crippen molar-refractivity contribution in [2.75, 3.05) is 59.3 Å². The number of likely N-dealkylation sites (N-methyl/N-ethyl adjacent to an activating group) is 1. The molecule has 45 heavy (non-hydrogen) atoms. The van der Waals surface area contributed by atoms with Crippen LogP contribution in [0.2, 0.25) is 0 Å². The highest BCUT2D eigenvalue weighted by atomic mass is 16.5. The van der Waals surface area contributed by atoms with E-state index in [4.69, 9.17) is 9.47 Å². The molecule has 3 amide bonds. The fraction of sp³-hybridized carbons (Fsp3) is 0.743. The second-order valence-electron chi connectivity index (χ2n) is 13.5. The molecule has 10 heteroatoms. The van der Waals surface area contributed by atoms with Crippen LogP contribution in [-0.2, 0) is 14.3 Å². The Morgan fingerprint density at radius 3 is 2.47 bits per heavy atom. The van der Waals surface area contributed by atoms with Crippen LogP contribution in [0.25, 0.3) is 0 Å². The van der Waals surface area contributed by atoms with E-state index in [-0.39, 0.29) is 48.4 Å². The number of rotatable bonds is 10. The highest BCUT2D eigenvalue weighted by molar-refractivity contribution is 6.00. The standard InChI is InChI=1S/C35H58N4O6/c1-25-22-39(26(2)24-40)35(43)30-21-29(36-34(42)28-14-8-7-9-15-28)17-18-31(30)45-27(3)13-10-11-20-44-32(25)23-38(6)33(41)16-12-19-37(4)5/h17-18,21,25-28,32,40H,7-16,19-20,22-24H2,1-6H3,(H,36,42)/t25-,26+,27-,32+/m1/s1. The minimum absolute atomic E-state index is 0.00754. The highest BCUT2D eigenvalue weighted by Gasteiger charge is 2.31. The molecular weight excluding hydrogens is 572 g/mol. The molecule has 2 aliphatic rings. The van der Waals surface area contributed by atoms with E-state index in [1.165, 1.54) is 6.42 Å². The third-order valence-electron chi connectivity index (χ3n) is 9.17. The number of amides is 3. The van der Waals surface area contributed by atoms with Crippen LogP contribution in [-0.4, -0.2) is 110 Å². The smallest absolute Gasteiger partial charge is 0.258 e. The Kier molecular flexibility index (Phi) is 15.1. The molecule has 0 aromatic heterocycles. The van der Waals surface area contributed by atoms with Crippen molar-refractivity contribution in [1.82, 2.24) is 14.7 Å². The third kappa shape index (κ3) is 11.6. The summed E-state index contributed by atoms with van der Waals surface area (Å²) >= 11 is 0. The summed E-state index contributed by atoms with van der Waals surface area (Å²) in [6, 6.07) is 4.83. The summed E-state index contributed by atoms with van der Waals surface area (Å²) in [6.45, 7) is 7.78. The number of hydrogen-bond donors (Lipinski definition) is 2. The average Bonchev–Trinajstić information content (AvgIpc) is 3.02. The molecule has 0 saturated heterocycles. The molecule has 1 fully saturated rings. The van der Waals surface area contributed by atoms with Gasteiger partial charge in [-0.3, -0.25) is 14.4 Å². The number of aliphatic hydroxyl groups is 1. The van der Waals surface area contributed by atoms with Gasteiger partial charge in [-0.05, 0) is 91.2 Å². The molecule has 0 radical (unpaired) electrons.